The summed E-state index contributed by atoms with van der Waals surface area (Å²) in [6.45, 7) is 5.89. The molecule has 1 heterocycles. The van der Waals surface area contributed by atoms with Gasteiger partial charge in [-0.25, -0.2) is 4.79 Å². The molecule has 0 unspecified atom stereocenters. The third-order valence-corrected chi connectivity index (χ3v) is 5.21. The van der Waals surface area contributed by atoms with Gasteiger partial charge in [0, 0.05) is 30.9 Å². The number of nitrogens with one attached hydrogen (secondary N) is 1. The second kappa shape index (κ2) is 8.25. The van der Waals surface area contributed by atoms with E-state index in [1.54, 1.807) is 6.92 Å². The minimum atomic E-state index is -0.908. The van der Waals surface area contributed by atoms with Crippen LogP contribution in [0.15, 0.2) is 36.4 Å². The van der Waals surface area contributed by atoms with Crippen LogP contribution in [0.3, 0.4) is 0 Å². The van der Waals surface area contributed by atoms with E-state index < -0.39 is 5.97 Å². The number of hydrogen-bond acceptors (Lipinski definition) is 3. The molecule has 5 nitrogen and oxygen atoms in total. The number of carboxylic acids is 1. The van der Waals surface area contributed by atoms with Crippen molar-refractivity contribution in [3.8, 4) is 0 Å². The predicted molar refractivity (Wildman–Crippen MR) is 106 cm³/mol. The highest BCUT2D eigenvalue weighted by molar-refractivity contribution is 5.94. The standard InChI is InChI=1S/C22H26N2O3/c1-15-6-11-19(16(2)20(15)22(26)27)23-14-17-7-9-18(10-8-17)21(25)24-12-4-3-5-13-24/h6-11,23H,3-5,12-14H2,1-2H3,(H,26,27). The van der Waals surface area contributed by atoms with E-state index in [0.717, 1.165) is 53.9 Å². The Balaban J connectivity index is 1.66. The average Bonchev–Trinajstić information content (AvgIpc) is 2.68. The number of aromatic carboxylic acids is 1. The van der Waals surface area contributed by atoms with Crippen molar-refractivity contribution in [2.24, 2.45) is 0 Å². The van der Waals surface area contributed by atoms with Gasteiger partial charge in [-0.2, -0.15) is 0 Å². The van der Waals surface area contributed by atoms with Crippen molar-refractivity contribution in [1.29, 1.82) is 0 Å². The van der Waals surface area contributed by atoms with Crippen LogP contribution in [0.4, 0.5) is 5.69 Å². The van der Waals surface area contributed by atoms with E-state index in [9.17, 15) is 14.7 Å². The quantitative estimate of drug-likeness (QED) is 0.830. The van der Waals surface area contributed by atoms with Gasteiger partial charge in [-0.15, -0.1) is 0 Å². The molecule has 0 aromatic heterocycles. The maximum atomic E-state index is 12.5. The minimum absolute atomic E-state index is 0.106. The van der Waals surface area contributed by atoms with Gasteiger partial charge in [0.15, 0.2) is 0 Å². The molecule has 0 atom stereocenters. The van der Waals surface area contributed by atoms with E-state index in [4.69, 9.17) is 0 Å². The molecule has 1 fully saturated rings. The third kappa shape index (κ3) is 4.30. The first kappa shape index (κ1) is 19.0. The molecule has 27 heavy (non-hydrogen) atoms. The lowest BCUT2D eigenvalue weighted by Crippen LogP contribution is -2.35. The van der Waals surface area contributed by atoms with Gasteiger partial charge in [0.1, 0.15) is 0 Å². The van der Waals surface area contributed by atoms with Crippen molar-refractivity contribution < 1.29 is 14.7 Å². The molecule has 2 aromatic rings. The lowest BCUT2D eigenvalue weighted by Gasteiger charge is -2.26. The number of likely N-dealkylation sites (tertiary alicyclic amines) is 1. The van der Waals surface area contributed by atoms with Crippen molar-refractivity contribution >= 4 is 17.6 Å². The zero-order valence-electron chi connectivity index (χ0n) is 15.9. The number of piperidine rings is 1. The molecule has 142 valence electrons. The number of carbonyl (C=O) groups excluding carboxylic acids is 1. The molecule has 1 saturated heterocycles. The number of nitrogens with zero attached hydrogens (tertiary/aromatic N) is 1. The van der Waals surface area contributed by atoms with E-state index in [-0.39, 0.29) is 5.91 Å². The Morgan fingerprint density at radius 3 is 2.30 bits per heavy atom. The molecule has 0 spiro atoms. The molecule has 2 aromatic carbocycles. The second-order valence-corrected chi connectivity index (χ2v) is 7.14. The third-order valence-electron chi connectivity index (χ3n) is 5.21. The highest BCUT2D eigenvalue weighted by atomic mass is 16.4. The molecule has 3 rings (SSSR count). The predicted octanol–water partition coefficient (Wildman–Crippen LogP) is 4.24. The van der Waals surface area contributed by atoms with Crippen LogP contribution in [-0.4, -0.2) is 35.0 Å². The van der Waals surface area contributed by atoms with Crippen molar-refractivity contribution in [2.45, 2.75) is 39.7 Å². The van der Waals surface area contributed by atoms with Crippen LogP contribution < -0.4 is 5.32 Å². The van der Waals surface area contributed by atoms with Gasteiger partial charge in [0.2, 0.25) is 0 Å². The topological polar surface area (TPSA) is 69.6 Å². The molecule has 5 heteroatoms. The molecule has 0 aliphatic carbocycles. The minimum Gasteiger partial charge on any atom is -0.478 e. The van der Waals surface area contributed by atoms with Crippen molar-refractivity contribution in [3.63, 3.8) is 0 Å². The monoisotopic (exact) mass is 366 g/mol. The Labute approximate surface area is 160 Å². The van der Waals surface area contributed by atoms with Gasteiger partial charge in [0.25, 0.3) is 5.91 Å². The van der Waals surface area contributed by atoms with E-state index in [1.807, 2.05) is 48.2 Å². The Morgan fingerprint density at radius 1 is 1.00 bits per heavy atom. The fraction of sp³-hybridized carbons (Fsp3) is 0.364. The molecule has 1 aliphatic rings. The summed E-state index contributed by atoms with van der Waals surface area (Å²) in [5, 5.41) is 12.7. The molecular weight excluding hydrogens is 340 g/mol. The zero-order chi connectivity index (χ0) is 19.4. The van der Waals surface area contributed by atoms with Crippen LogP contribution >= 0.6 is 0 Å². The number of rotatable bonds is 5. The maximum Gasteiger partial charge on any atom is 0.336 e. The number of amides is 1. The summed E-state index contributed by atoms with van der Waals surface area (Å²) < 4.78 is 0. The Hall–Kier alpha value is -2.82. The Morgan fingerprint density at radius 2 is 1.67 bits per heavy atom. The fourth-order valence-electron chi connectivity index (χ4n) is 3.61. The van der Waals surface area contributed by atoms with E-state index in [2.05, 4.69) is 5.32 Å². The van der Waals surface area contributed by atoms with E-state index >= 15 is 0 Å². The molecule has 2 N–H and O–H groups in total. The van der Waals surface area contributed by atoms with Crippen LogP contribution in [0.5, 0.6) is 0 Å². The highest BCUT2D eigenvalue weighted by Gasteiger charge is 2.18. The number of benzene rings is 2. The Kier molecular flexibility index (Phi) is 5.79. The van der Waals surface area contributed by atoms with Gasteiger partial charge >= 0.3 is 5.97 Å². The van der Waals surface area contributed by atoms with Crippen molar-refractivity contribution in [3.05, 3.63) is 64.2 Å². The summed E-state index contributed by atoms with van der Waals surface area (Å²) in [7, 11) is 0. The van der Waals surface area contributed by atoms with Crippen LogP contribution in [0.2, 0.25) is 0 Å². The first-order valence-corrected chi connectivity index (χ1v) is 9.43. The normalized spacial score (nSPS) is 14.1. The lowest BCUT2D eigenvalue weighted by molar-refractivity contribution is 0.0693. The summed E-state index contributed by atoms with van der Waals surface area (Å²) in [5.74, 6) is -0.802. The van der Waals surface area contributed by atoms with Crippen LogP contribution in [-0.2, 0) is 6.54 Å². The largest absolute Gasteiger partial charge is 0.478 e. The van der Waals surface area contributed by atoms with Gasteiger partial charge in [0.05, 0.1) is 5.56 Å². The first-order chi connectivity index (χ1) is 13.0. The average molecular weight is 366 g/mol. The first-order valence-electron chi connectivity index (χ1n) is 9.43. The van der Waals surface area contributed by atoms with Crippen molar-refractivity contribution in [2.75, 3.05) is 18.4 Å². The number of carbonyl (C=O) groups is 2. The maximum absolute atomic E-state index is 12.5. The molecule has 0 radical (unpaired) electrons. The molecule has 0 saturated carbocycles. The molecule has 1 aliphatic heterocycles. The molecule has 1 amide bonds. The van der Waals surface area contributed by atoms with Gasteiger partial charge < -0.3 is 15.3 Å². The van der Waals surface area contributed by atoms with Crippen LogP contribution in [0.25, 0.3) is 0 Å². The fourth-order valence-corrected chi connectivity index (χ4v) is 3.61. The second-order valence-electron chi connectivity index (χ2n) is 7.14. The summed E-state index contributed by atoms with van der Waals surface area (Å²) in [6.07, 6.45) is 3.38. The summed E-state index contributed by atoms with van der Waals surface area (Å²) in [5.41, 5.74) is 4.42. The van der Waals surface area contributed by atoms with Crippen LogP contribution in [0, 0.1) is 13.8 Å². The SMILES string of the molecule is Cc1ccc(NCc2ccc(C(=O)N3CCCCC3)cc2)c(C)c1C(=O)O. The summed E-state index contributed by atoms with van der Waals surface area (Å²) >= 11 is 0. The van der Waals surface area contributed by atoms with Gasteiger partial charge in [-0.05, 0) is 68.0 Å². The van der Waals surface area contributed by atoms with Crippen molar-refractivity contribution in [1.82, 2.24) is 4.90 Å². The Bertz CT molecular complexity index is 837. The molecule has 0 bridgehead atoms. The summed E-state index contributed by atoms with van der Waals surface area (Å²) in [6, 6.07) is 11.4. The summed E-state index contributed by atoms with van der Waals surface area (Å²) in [4.78, 5) is 25.9. The number of anilines is 1. The van der Waals surface area contributed by atoms with Gasteiger partial charge in [-0.1, -0.05) is 18.2 Å². The smallest absolute Gasteiger partial charge is 0.336 e. The molecular formula is C22H26N2O3. The number of carboxylic acid groups (broad SMARTS) is 1. The number of aryl methyl sites for hydroxylation is 1. The van der Waals surface area contributed by atoms with E-state index in [1.165, 1.54) is 6.42 Å². The van der Waals surface area contributed by atoms with Crippen LogP contribution in [0.1, 0.15) is 56.7 Å². The highest BCUT2D eigenvalue weighted by Crippen LogP contribution is 2.23. The van der Waals surface area contributed by atoms with Gasteiger partial charge in [-0.3, -0.25) is 4.79 Å². The lowest BCUT2D eigenvalue weighted by atomic mass is 10.0. The number of hydrogen-bond donors (Lipinski definition) is 2. The zero-order valence-corrected chi connectivity index (χ0v) is 15.9. The van der Waals surface area contributed by atoms with E-state index in [0.29, 0.717) is 12.1 Å².